The van der Waals surface area contributed by atoms with E-state index in [4.69, 9.17) is 5.53 Å². The van der Waals surface area contributed by atoms with E-state index in [1.807, 2.05) is 26.0 Å². The van der Waals surface area contributed by atoms with E-state index in [-0.39, 0.29) is 0 Å². The van der Waals surface area contributed by atoms with Crippen molar-refractivity contribution >= 4 is 21.6 Å². The fourth-order valence-corrected chi connectivity index (χ4v) is 1.51. The number of azide groups is 1. The Morgan fingerprint density at radius 3 is 2.67 bits per heavy atom. The van der Waals surface area contributed by atoms with Gasteiger partial charge >= 0.3 is 0 Å². The monoisotopic (exact) mass is 225 g/mol. The molecule has 4 heteroatoms. The van der Waals surface area contributed by atoms with Gasteiger partial charge in [0.25, 0.3) is 0 Å². The maximum atomic E-state index is 8.27. The molecule has 0 spiro atoms. The van der Waals surface area contributed by atoms with Gasteiger partial charge in [-0.25, -0.2) is 0 Å². The zero-order valence-corrected chi connectivity index (χ0v) is 8.46. The van der Waals surface area contributed by atoms with Crippen LogP contribution in [-0.2, 0) is 0 Å². The molecule has 1 aromatic carbocycles. The Bertz CT molecular complexity index is 354. The van der Waals surface area contributed by atoms with Gasteiger partial charge in [0, 0.05) is 15.1 Å². The molecule has 1 rings (SSSR count). The van der Waals surface area contributed by atoms with Gasteiger partial charge in [-0.15, -0.1) is 0 Å². The van der Waals surface area contributed by atoms with Gasteiger partial charge in [-0.1, -0.05) is 21.0 Å². The topological polar surface area (TPSA) is 48.8 Å². The molecule has 0 amide bonds. The SMILES string of the molecule is Cc1cc(Br)c(C)c(N=[N+]=[N-])c1. The Hall–Kier alpha value is -0.990. The van der Waals surface area contributed by atoms with Crippen molar-refractivity contribution in [2.75, 3.05) is 0 Å². The zero-order chi connectivity index (χ0) is 9.14. The quantitative estimate of drug-likeness (QED) is 0.394. The second kappa shape index (κ2) is 3.61. The zero-order valence-electron chi connectivity index (χ0n) is 6.87. The summed E-state index contributed by atoms with van der Waals surface area (Å²) in [5.74, 6) is 0. The van der Waals surface area contributed by atoms with Gasteiger partial charge in [-0.2, -0.15) is 0 Å². The molecule has 0 N–H and O–H groups in total. The Morgan fingerprint density at radius 2 is 2.08 bits per heavy atom. The first-order valence-electron chi connectivity index (χ1n) is 3.47. The van der Waals surface area contributed by atoms with Crippen LogP contribution in [0.25, 0.3) is 10.4 Å². The Morgan fingerprint density at radius 1 is 1.42 bits per heavy atom. The van der Waals surface area contributed by atoms with Crippen LogP contribution in [0.4, 0.5) is 5.69 Å². The highest BCUT2D eigenvalue weighted by Gasteiger charge is 2.00. The number of hydrogen-bond acceptors (Lipinski definition) is 1. The van der Waals surface area contributed by atoms with Crippen molar-refractivity contribution in [3.8, 4) is 0 Å². The lowest BCUT2D eigenvalue weighted by molar-refractivity contribution is 1.31. The number of rotatable bonds is 1. The third-order valence-electron chi connectivity index (χ3n) is 1.61. The molecule has 0 aromatic heterocycles. The van der Waals surface area contributed by atoms with Crippen LogP contribution in [0.3, 0.4) is 0 Å². The largest absolute Gasteiger partial charge is 0.0605 e. The summed E-state index contributed by atoms with van der Waals surface area (Å²) in [7, 11) is 0. The predicted octanol–water partition coefficient (Wildman–Crippen LogP) is 4.01. The number of aryl methyl sites for hydroxylation is 1. The van der Waals surface area contributed by atoms with E-state index in [0.717, 1.165) is 15.6 Å². The Kier molecular flexibility index (Phi) is 2.74. The van der Waals surface area contributed by atoms with Crippen LogP contribution in [0.1, 0.15) is 11.1 Å². The number of nitrogens with zero attached hydrogens (tertiary/aromatic N) is 3. The number of halogens is 1. The van der Waals surface area contributed by atoms with Crippen LogP contribution < -0.4 is 0 Å². The summed E-state index contributed by atoms with van der Waals surface area (Å²) in [4.78, 5) is 2.75. The van der Waals surface area contributed by atoms with Crippen molar-refractivity contribution in [1.29, 1.82) is 0 Å². The maximum absolute atomic E-state index is 8.27. The molecule has 0 saturated heterocycles. The van der Waals surface area contributed by atoms with Gasteiger partial charge in [0.2, 0.25) is 0 Å². The van der Waals surface area contributed by atoms with Crippen LogP contribution in [0.2, 0.25) is 0 Å². The molecule has 1 aromatic rings. The van der Waals surface area contributed by atoms with Crippen LogP contribution in [-0.4, -0.2) is 0 Å². The molecule has 0 fully saturated rings. The standard InChI is InChI=1S/C8H8BrN3/c1-5-3-7(9)6(2)8(4-5)11-12-10/h3-4H,1-2H3. The summed E-state index contributed by atoms with van der Waals surface area (Å²) in [6, 6.07) is 3.85. The molecule has 0 radical (unpaired) electrons. The molecule has 0 aliphatic rings. The third kappa shape index (κ3) is 1.78. The van der Waals surface area contributed by atoms with Crippen molar-refractivity contribution in [2.45, 2.75) is 13.8 Å². The fourth-order valence-electron chi connectivity index (χ4n) is 0.948. The van der Waals surface area contributed by atoms with Crippen LogP contribution in [0.5, 0.6) is 0 Å². The van der Waals surface area contributed by atoms with E-state index >= 15 is 0 Å². The maximum Gasteiger partial charge on any atom is 0.0418 e. The molecule has 0 aliphatic carbocycles. The average Bonchev–Trinajstić information content (AvgIpc) is 2.00. The summed E-state index contributed by atoms with van der Waals surface area (Å²) >= 11 is 3.38. The molecule has 0 unspecified atom stereocenters. The lowest BCUT2D eigenvalue weighted by Crippen LogP contribution is -1.79. The lowest BCUT2D eigenvalue weighted by atomic mass is 10.1. The van der Waals surface area contributed by atoms with Gasteiger partial charge in [0.15, 0.2) is 0 Å². The minimum atomic E-state index is 0.685. The highest BCUT2D eigenvalue weighted by atomic mass is 79.9. The second-order valence-electron chi connectivity index (χ2n) is 2.58. The molecule has 12 heavy (non-hydrogen) atoms. The lowest BCUT2D eigenvalue weighted by Gasteiger charge is -2.03. The average molecular weight is 226 g/mol. The minimum Gasteiger partial charge on any atom is -0.0605 e. The van der Waals surface area contributed by atoms with Gasteiger partial charge in [0.05, 0.1) is 0 Å². The van der Waals surface area contributed by atoms with Crippen molar-refractivity contribution < 1.29 is 0 Å². The number of benzene rings is 1. The first-order chi connectivity index (χ1) is 5.65. The molecule has 0 aliphatic heterocycles. The van der Waals surface area contributed by atoms with Crippen molar-refractivity contribution in [2.24, 2.45) is 5.11 Å². The summed E-state index contributed by atoms with van der Waals surface area (Å²) in [6.07, 6.45) is 0. The summed E-state index contributed by atoms with van der Waals surface area (Å²) in [5, 5.41) is 3.58. The van der Waals surface area contributed by atoms with E-state index < -0.39 is 0 Å². The van der Waals surface area contributed by atoms with Gasteiger partial charge in [0.1, 0.15) is 0 Å². The van der Waals surface area contributed by atoms with Crippen LogP contribution >= 0.6 is 15.9 Å². The molecule has 3 nitrogen and oxygen atoms in total. The van der Waals surface area contributed by atoms with Crippen LogP contribution in [0.15, 0.2) is 21.7 Å². The number of hydrogen-bond donors (Lipinski definition) is 0. The first-order valence-corrected chi connectivity index (χ1v) is 4.26. The Labute approximate surface area is 79.2 Å². The van der Waals surface area contributed by atoms with Gasteiger partial charge < -0.3 is 0 Å². The summed E-state index contributed by atoms with van der Waals surface area (Å²) in [5.41, 5.74) is 11.0. The minimum absolute atomic E-state index is 0.685. The highest BCUT2D eigenvalue weighted by Crippen LogP contribution is 2.27. The van der Waals surface area contributed by atoms with E-state index in [1.54, 1.807) is 0 Å². The molecule has 62 valence electrons. The second-order valence-corrected chi connectivity index (χ2v) is 3.43. The Balaban J connectivity index is 3.36. The van der Waals surface area contributed by atoms with E-state index in [2.05, 4.69) is 26.0 Å². The molecule has 0 heterocycles. The molecular formula is C8H8BrN3. The van der Waals surface area contributed by atoms with Gasteiger partial charge in [-0.3, -0.25) is 0 Å². The molecule has 0 bridgehead atoms. The first kappa shape index (κ1) is 9.10. The van der Waals surface area contributed by atoms with Gasteiger partial charge in [-0.05, 0) is 42.6 Å². The van der Waals surface area contributed by atoms with Crippen LogP contribution in [0, 0.1) is 13.8 Å². The van der Waals surface area contributed by atoms with E-state index in [0.29, 0.717) is 5.69 Å². The molecule has 0 atom stereocenters. The summed E-state index contributed by atoms with van der Waals surface area (Å²) in [6.45, 7) is 3.87. The normalized spacial score (nSPS) is 9.25. The van der Waals surface area contributed by atoms with Crippen molar-refractivity contribution in [3.05, 3.63) is 38.2 Å². The summed E-state index contributed by atoms with van der Waals surface area (Å²) < 4.78 is 0.977. The van der Waals surface area contributed by atoms with Crippen molar-refractivity contribution in [3.63, 3.8) is 0 Å². The van der Waals surface area contributed by atoms with Crippen molar-refractivity contribution in [1.82, 2.24) is 0 Å². The van der Waals surface area contributed by atoms with E-state index in [9.17, 15) is 0 Å². The molecule has 0 saturated carbocycles. The third-order valence-corrected chi connectivity index (χ3v) is 2.44. The van der Waals surface area contributed by atoms with E-state index in [1.165, 1.54) is 0 Å². The smallest absolute Gasteiger partial charge is 0.0418 e. The fraction of sp³-hybridized carbons (Fsp3) is 0.250. The predicted molar refractivity (Wildman–Crippen MR) is 52.4 cm³/mol. The highest BCUT2D eigenvalue weighted by molar-refractivity contribution is 9.10. The molecular weight excluding hydrogens is 218 g/mol.